The lowest BCUT2D eigenvalue weighted by molar-refractivity contribution is -0.295. The van der Waals surface area contributed by atoms with Gasteiger partial charge in [0.05, 0.1) is 23.5 Å². The summed E-state index contributed by atoms with van der Waals surface area (Å²) in [4.78, 5) is 52.6. The molecule has 53 heavy (non-hydrogen) atoms. The van der Waals surface area contributed by atoms with E-state index in [1.54, 1.807) is 39.2 Å². The number of aromatic nitrogens is 1. The average Bonchev–Trinajstić information content (AvgIpc) is 3.44. The molecule has 1 N–H and O–H groups in total. The fourth-order valence-electron chi connectivity index (χ4n) is 7.95. The summed E-state index contributed by atoms with van der Waals surface area (Å²) in [5, 5.41) is 16.0. The van der Waals surface area contributed by atoms with Gasteiger partial charge in [-0.25, -0.2) is 4.79 Å². The van der Waals surface area contributed by atoms with E-state index in [4.69, 9.17) is 33.3 Å². The van der Waals surface area contributed by atoms with Gasteiger partial charge in [0.1, 0.15) is 18.1 Å². The first-order chi connectivity index (χ1) is 25.0. The number of Topliss-reactive ketones (excluding diaryl/α,β-unsaturated/α-hetero) is 1. The van der Waals surface area contributed by atoms with E-state index < -0.39 is 83.5 Å². The third-order valence-corrected chi connectivity index (χ3v) is 11.0. The van der Waals surface area contributed by atoms with Gasteiger partial charge in [-0.05, 0) is 73.2 Å². The Morgan fingerprint density at radius 2 is 1.81 bits per heavy atom. The van der Waals surface area contributed by atoms with Crippen LogP contribution in [0.3, 0.4) is 0 Å². The molecule has 0 aliphatic carbocycles. The van der Waals surface area contributed by atoms with E-state index >= 15 is 0 Å². The van der Waals surface area contributed by atoms with Crippen LogP contribution in [0, 0.1) is 35.5 Å². The number of hydrogen-bond donors (Lipinski definition) is 1. The molecule has 0 radical (unpaired) electrons. The van der Waals surface area contributed by atoms with E-state index in [2.05, 4.69) is 22.0 Å². The normalized spacial score (nSPS) is 39.2. The highest BCUT2D eigenvalue weighted by atomic mass is 16.8. The number of oxime groups is 1. The number of rotatable bonds is 7. The van der Waals surface area contributed by atoms with Crippen LogP contribution in [-0.2, 0) is 42.8 Å². The number of ether oxygens (including phenoxy) is 6. The molecule has 0 bridgehead atoms. The van der Waals surface area contributed by atoms with Crippen molar-refractivity contribution >= 4 is 23.6 Å². The summed E-state index contributed by atoms with van der Waals surface area (Å²) in [6, 6.07) is 3.34. The first-order valence-corrected chi connectivity index (χ1v) is 18.4. The monoisotopic (exact) mass is 743 g/mol. The summed E-state index contributed by atoms with van der Waals surface area (Å²) in [5.41, 5.74) is -1.44. The average molecular weight is 744 g/mol. The van der Waals surface area contributed by atoms with Crippen molar-refractivity contribution < 1.29 is 52.7 Å². The van der Waals surface area contributed by atoms with Crippen LogP contribution in [0.2, 0.25) is 0 Å². The molecule has 294 valence electrons. The summed E-state index contributed by atoms with van der Waals surface area (Å²) >= 11 is 0. The van der Waals surface area contributed by atoms with Crippen LogP contribution in [-0.4, -0.2) is 120 Å². The summed E-state index contributed by atoms with van der Waals surface area (Å²) in [6.07, 6.45) is -1.89. The number of cyclic esters (lactones) is 1. The number of methoxy groups -OCH3 is 1. The Balaban J connectivity index is 1.80. The summed E-state index contributed by atoms with van der Waals surface area (Å²) < 4.78 is 36.6. The van der Waals surface area contributed by atoms with Crippen molar-refractivity contribution in [1.29, 1.82) is 0 Å². The van der Waals surface area contributed by atoms with E-state index in [1.165, 1.54) is 14.0 Å². The molecule has 3 aliphatic rings. The molecule has 4 heterocycles. The van der Waals surface area contributed by atoms with Crippen molar-refractivity contribution in [2.45, 2.75) is 129 Å². The van der Waals surface area contributed by atoms with Crippen LogP contribution < -0.4 is 0 Å². The van der Waals surface area contributed by atoms with Crippen LogP contribution in [0.25, 0.3) is 0 Å². The number of pyridine rings is 1. The number of fused-ring (bicyclic) bond motifs is 1. The number of nitrogens with zero attached hydrogens (tertiary/aromatic N) is 3. The second-order valence-corrected chi connectivity index (χ2v) is 15.2. The Labute approximate surface area is 313 Å². The fraction of sp³-hybridized carbons (Fsp3) is 0.718. The van der Waals surface area contributed by atoms with Gasteiger partial charge >= 0.3 is 12.1 Å². The molecule has 3 saturated heterocycles. The minimum atomic E-state index is -1.43. The lowest BCUT2D eigenvalue weighted by Crippen LogP contribution is -2.59. The summed E-state index contributed by atoms with van der Waals surface area (Å²) in [5.74, 6) is 1.48. The molecule has 14 heteroatoms. The molecule has 0 unspecified atom stereocenters. The smallest absolute Gasteiger partial charge is 0.457 e. The van der Waals surface area contributed by atoms with E-state index in [0.29, 0.717) is 17.7 Å². The number of hydrogen-bond acceptors (Lipinski definition) is 14. The minimum Gasteiger partial charge on any atom is -0.457 e. The van der Waals surface area contributed by atoms with Gasteiger partial charge in [0, 0.05) is 48.9 Å². The molecule has 0 saturated carbocycles. The van der Waals surface area contributed by atoms with Crippen molar-refractivity contribution in [3.8, 4) is 11.8 Å². The highest BCUT2D eigenvalue weighted by Gasteiger charge is 2.58. The first kappa shape index (κ1) is 42.1. The first-order valence-electron chi connectivity index (χ1n) is 18.4. The lowest BCUT2D eigenvalue weighted by atomic mass is 9.74. The molecule has 4 rings (SSSR count). The zero-order valence-electron chi connectivity index (χ0n) is 32.9. The maximum atomic E-state index is 14.2. The number of aliphatic hydroxyl groups excluding tert-OH is 1. The molecule has 3 fully saturated rings. The van der Waals surface area contributed by atoms with E-state index in [9.17, 15) is 19.5 Å². The van der Waals surface area contributed by atoms with Gasteiger partial charge < -0.3 is 43.3 Å². The van der Waals surface area contributed by atoms with Crippen molar-refractivity contribution in [1.82, 2.24) is 9.88 Å². The molecule has 1 aromatic rings. The minimum absolute atomic E-state index is 0.0515. The third kappa shape index (κ3) is 9.38. The second-order valence-electron chi connectivity index (χ2n) is 15.2. The van der Waals surface area contributed by atoms with Crippen LogP contribution in [0.5, 0.6) is 0 Å². The molecule has 14 nitrogen and oxygen atoms in total. The molecular formula is C39H57N3O11. The van der Waals surface area contributed by atoms with Crippen LogP contribution in [0.4, 0.5) is 4.79 Å². The number of carbonyl (C=O) groups excluding carboxylic acids is 3. The Hall–Kier alpha value is -3.61. The molecule has 13 atom stereocenters. The Bertz CT molecular complexity index is 1530. The lowest BCUT2D eigenvalue weighted by Gasteiger charge is -2.47. The predicted octanol–water partition coefficient (Wildman–Crippen LogP) is 4.16. The van der Waals surface area contributed by atoms with Gasteiger partial charge in [0.25, 0.3) is 0 Å². The quantitative estimate of drug-likeness (QED) is 0.139. The highest BCUT2D eigenvalue weighted by molar-refractivity contribution is 6.00. The van der Waals surface area contributed by atoms with E-state index in [1.807, 2.05) is 52.8 Å². The number of ketones is 1. The highest BCUT2D eigenvalue weighted by Crippen LogP contribution is 2.42. The Kier molecular flexibility index (Phi) is 14.1. The molecule has 3 aliphatic heterocycles. The SMILES string of the molecule is CC[C@H]1OC(=O)[C@H](C)C(=O)[C@H](C)[C@@H](O[C@@H]2O[C@H](C)C[C@H](N(C)C)[C@H]2O)[C@](C)(OC)C[C@@H](C)/C(=N\OCC#Cc2cccnc2)[C@H](C)[C@H]2OC(=O)O[C@@]21C. The number of likely N-dealkylation sites (N-methyl/N-ethyl adjacent to an activating group) is 1. The number of aliphatic hydroxyl groups is 1. The number of esters is 1. The van der Waals surface area contributed by atoms with Gasteiger partial charge in [-0.2, -0.15) is 0 Å². The second kappa shape index (κ2) is 17.7. The summed E-state index contributed by atoms with van der Waals surface area (Å²) in [7, 11) is 5.27. The van der Waals surface area contributed by atoms with Gasteiger partial charge in [0.2, 0.25) is 0 Å². The maximum Gasteiger partial charge on any atom is 0.509 e. The largest absolute Gasteiger partial charge is 0.509 e. The molecule has 0 amide bonds. The standard InChI is InChI=1S/C39H57N3O11/c1-12-29-39(8)34(52-37(46)53-39)24(4)30(41-48-18-14-16-27-15-13-17-40-21-27)22(2)20-38(7,47-11)33(25(5)31(43)26(6)35(45)50-29)51-36-32(44)28(42(9)10)19-23(3)49-36/h13,15,17,21-26,28-29,32-34,36,44H,12,18-20H2,1-11H3/b41-30+/t22-,23-,24+,25+,26-,28+,29-,32-,33-,34-,36+,38-,39-/m1/s1. The van der Waals surface area contributed by atoms with E-state index in [-0.39, 0.29) is 31.6 Å². The molecule has 0 aromatic carbocycles. The van der Waals surface area contributed by atoms with Gasteiger partial charge in [-0.3, -0.25) is 14.6 Å². The van der Waals surface area contributed by atoms with Crippen LogP contribution in [0.1, 0.15) is 80.2 Å². The maximum absolute atomic E-state index is 14.2. The van der Waals surface area contributed by atoms with Crippen molar-refractivity contribution in [2.75, 3.05) is 27.8 Å². The summed E-state index contributed by atoms with van der Waals surface area (Å²) in [6.45, 7) is 14.0. The van der Waals surface area contributed by atoms with Crippen molar-refractivity contribution in [2.24, 2.45) is 28.8 Å². The van der Waals surface area contributed by atoms with Gasteiger partial charge in [0.15, 0.2) is 30.4 Å². The van der Waals surface area contributed by atoms with Gasteiger partial charge in [-0.1, -0.05) is 44.7 Å². The third-order valence-electron chi connectivity index (χ3n) is 11.0. The Morgan fingerprint density at radius 1 is 1.09 bits per heavy atom. The van der Waals surface area contributed by atoms with E-state index in [0.717, 1.165) is 0 Å². The van der Waals surface area contributed by atoms with Gasteiger partial charge in [-0.15, -0.1) is 0 Å². The number of carbonyl (C=O) groups is 3. The topological polar surface area (TPSA) is 165 Å². The van der Waals surface area contributed by atoms with Crippen LogP contribution in [0.15, 0.2) is 29.7 Å². The van der Waals surface area contributed by atoms with Crippen molar-refractivity contribution in [3.63, 3.8) is 0 Å². The predicted molar refractivity (Wildman–Crippen MR) is 193 cm³/mol. The Morgan fingerprint density at radius 3 is 2.43 bits per heavy atom. The molecule has 0 spiro atoms. The zero-order valence-corrected chi connectivity index (χ0v) is 32.9. The molecular weight excluding hydrogens is 686 g/mol. The van der Waals surface area contributed by atoms with Crippen molar-refractivity contribution in [3.05, 3.63) is 30.1 Å². The zero-order chi connectivity index (χ0) is 39.2. The fourth-order valence-corrected chi connectivity index (χ4v) is 7.95. The van der Waals surface area contributed by atoms with Crippen LogP contribution >= 0.6 is 0 Å². The molecule has 1 aromatic heterocycles.